The van der Waals surface area contributed by atoms with Gasteiger partial charge in [-0.2, -0.15) is 0 Å². The van der Waals surface area contributed by atoms with Gasteiger partial charge in [-0.15, -0.1) is 0 Å². The largest absolute Gasteiger partial charge is 0.508 e. The molecule has 0 aliphatic carbocycles. The number of ether oxygens (including phenoxy) is 1. The van der Waals surface area contributed by atoms with E-state index in [0.717, 1.165) is 29.5 Å². The number of alkyl halides is 1. The third-order valence-electron chi connectivity index (χ3n) is 3.28. The van der Waals surface area contributed by atoms with E-state index in [1.54, 1.807) is 18.2 Å². The summed E-state index contributed by atoms with van der Waals surface area (Å²) in [5, 5.41) is 17.5. The van der Waals surface area contributed by atoms with E-state index in [1.807, 2.05) is 24.3 Å². The molecule has 2 rings (SSSR count). The second-order valence-corrected chi connectivity index (χ2v) is 5.46. The van der Waals surface area contributed by atoms with Crippen LogP contribution in [0, 0.1) is 0 Å². The highest BCUT2D eigenvalue weighted by Crippen LogP contribution is 2.25. The van der Waals surface area contributed by atoms with Crippen molar-refractivity contribution in [2.45, 2.75) is 24.6 Å². The van der Waals surface area contributed by atoms with Crippen LogP contribution >= 0.6 is 15.9 Å². The predicted octanol–water partition coefficient (Wildman–Crippen LogP) is 2.69. The highest BCUT2D eigenvalue weighted by Gasteiger charge is 2.10. The molecular weight excluding hydrogens is 334 g/mol. The summed E-state index contributed by atoms with van der Waals surface area (Å²) in [5.74, 6) is 0.855. The fourth-order valence-electron chi connectivity index (χ4n) is 2.23. The Morgan fingerprint density at radius 3 is 2.43 bits per heavy atom. The Morgan fingerprint density at radius 1 is 1.10 bits per heavy atom. The van der Waals surface area contributed by atoms with Gasteiger partial charge in [-0.1, -0.05) is 24.3 Å². The molecule has 5 heteroatoms. The van der Waals surface area contributed by atoms with Crippen LogP contribution in [0.25, 0.3) is 0 Å². The van der Waals surface area contributed by atoms with Crippen LogP contribution in [0.3, 0.4) is 0 Å². The lowest BCUT2D eigenvalue weighted by Crippen LogP contribution is -2.11. The molecule has 0 bridgehead atoms. The minimum absolute atomic E-state index is 0.267. The number of aliphatic hydroxyl groups is 1. The molecule has 1 atom stereocenters. The van der Waals surface area contributed by atoms with Crippen molar-refractivity contribution >= 4 is 15.9 Å². The van der Waals surface area contributed by atoms with Crippen molar-refractivity contribution in [2.24, 2.45) is 5.73 Å². The minimum atomic E-state index is -1.05. The molecule has 1 unspecified atom stereocenters. The summed E-state index contributed by atoms with van der Waals surface area (Å²) in [4.78, 5) is 0. The maximum absolute atomic E-state index is 9.28. The summed E-state index contributed by atoms with van der Waals surface area (Å²) in [6.07, 6.45) is 1.65. The van der Waals surface area contributed by atoms with Crippen molar-refractivity contribution in [1.82, 2.24) is 0 Å². The maximum atomic E-state index is 9.28. The third-order valence-corrected chi connectivity index (χ3v) is 3.46. The van der Waals surface area contributed by atoms with Gasteiger partial charge in [0.1, 0.15) is 11.5 Å². The number of nitrogens with two attached hydrogens (primary N) is 1. The highest BCUT2D eigenvalue weighted by molar-refractivity contribution is 9.09. The number of phenols is 1. The van der Waals surface area contributed by atoms with E-state index < -0.39 is 5.20 Å². The number of hydrogen-bond acceptors (Lipinski definition) is 4. The Morgan fingerprint density at radius 2 is 1.81 bits per heavy atom. The number of aliphatic hydroxyl groups excluding tert-OH is 1. The van der Waals surface area contributed by atoms with Crippen LogP contribution in [0.15, 0.2) is 42.5 Å². The molecule has 0 saturated carbocycles. The van der Waals surface area contributed by atoms with Gasteiger partial charge >= 0.3 is 0 Å². The Hall–Kier alpha value is -1.56. The Bertz CT molecular complexity index is 585. The SMILES string of the molecule is NCc1c(CCc2ccc(O)cc2)cccc1OC(O)Br. The van der Waals surface area contributed by atoms with Crippen LogP contribution in [-0.2, 0) is 19.4 Å². The zero-order chi connectivity index (χ0) is 15.2. The number of aromatic hydroxyl groups is 1. The van der Waals surface area contributed by atoms with E-state index in [1.165, 1.54) is 0 Å². The predicted molar refractivity (Wildman–Crippen MR) is 85.4 cm³/mol. The van der Waals surface area contributed by atoms with Gasteiger partial charge in [0.15, 0.2) is 0 Å². The molecule has 4 nitrogen and oxygen atoms in total. The van der Waals surface area contributed by atoms with Crippen molar-refractivity contribution < 1.29 is 14.9 Å². The fraction of sp³-hybridized carbons (Fsp3) is 0.250. The number of benzene rings is 2. The molecule has 4 N–H and O–H groups in total. The first-order valence-corrected chi connectivity index (χ1v) is 7.59. The first-order chi connectivity index (χ1) is 10.1. The van der Waals surface area contributed by atoms with Crippen molar-refractivity contribution in [3.63, 3.8) is 0 Å². The standard InChI is InChI=1S/C16H18BrNO3/c17-16(20)21-15-3-1-2-12(14(15)10-18)7-4-11-5-8-13(19)9-6-11/h1-3,5-6,8-9,16,19-20H,4,7,10,18H2. The zero-order valence-corrected chi connectivity index (χ0v) is 13.1. The van der Waals surface area contributed by atoms with Crippen molar-refractivity contribution in [2.75, 3.05) is 0 Å². The molecule has 0 aliphatic rings. The molecule has 0 saturated heterocycles. The van der Waals surface area contributed by atoms with E-state index in [9.17, 15) is 10.2 Å². The van der Waals surface area contributed by atoms with Crippen molar-refractivity contribution in [3.05, 3.63) is 59.2 Å². The lowest BCUT2D eigenvalue weighted by molar-refractivity contribution is 0.0681. The molecule has 2 aromatic carbocycles. The van der Waals surface area contributed by atoms with Crippen LogP contribution in [-0.4, -0.2) is 15.4 Å². The zero-order valence-electron chi connectivity index (χ0n) is 11.5. The first-order valence-electron chi connectivity index (χ1n) is 6.67. The molecule has 0 amide bonds. The molecule has 0 heterocycles. The summed E-state index contributed by atoms with van der Waals surface area (Å²) in [7, 11) is 0. The molecule has 0 fully saturated rings. The van der Waals surface area contributed by atoms with Crippen LogP contribution in [0.2, 0.25) is 0 Å². The molecule has 0 spiro atoms. The summed E-state index contributed by atoms with van der Waals surface area (Å²) in [6.45, 7) is 0.348. The average Bonchev–Trinajstić information content (AvgIpc) is 2.46. The van der Waals surface area contributed by atoms with Crippen molar-refractivity contribution in [1.29, 1.82) is 0 Å². The molecular formula is C16H18BrNO3. The number of aryl methyl sites for hydroxylation is 2. The summed E-state index contributed by atoms with van der Waals surface area (Å²) in [6, 6.07) is 12.8. The summed E-state index contributed by atoms with van der Waals surface area (Å²) < 4.78 is 5.30. The minimum Gasteiger partial charge on any atom is -0.508 e. The maximum Gasteiger partial charge on any atom is 0.255 e. The van der Waals surface area contributed by atoms with E-state index in [4.69, 9.17) is 10.5 Å². The van der Waals surface area contributed by atoms with Gasteiger partial charge in [0.2, 0.25) is 0 Å². The lowest BCUT2D eigenvalue weighted by Gasteiger charge is -2.15. The monoisotopic (exact) mass is 351 g/mol. The van der Waals surface area contributed by atoms with E-state index in [2.05, 4.69) is 15.9 Å². The van der Waals surface area contributed by atoms with E-state index in [-0.39, 0.29) is 5.75 Å². The molecule has 0 aliphatic heterocycles. The quantitative estimate of drug-likeness (QED) is 0.552. The van der Waals surface area contributed by atoms with Gasteiger partial charge in [-0.3, -0.25) is 0 Å². The average molecular weight is 352 g/mol. The lowest BCUT2D eigenvalue weighted by atomic mass is 9.99. The summed E-state index contributed by atoms with van der Waals surface area (Å²) in [5.41, 5.74) is 8.94. The number of phenolic OH excluding ortho intramolecular Hbond substituents is 1. The van der Waals surface area contributed by atoms with Crippen LogP contribution in [0.1, 0.15) is 16.7 Å². The van der Waals surface area contributed by atoms with E-state index in [0.29, 0.717) is 12.3 Å². The Kier molecular flexibility index (Phi) is 5.61. The van der Waals surface area contributed by atoms with Crippen LogP contribution < -0.4 is 10.5 Å². The molecule has 112 valence electrons. The molecule has 0 aromatic heterocycles. The van der Waals surface area contributed by atoms with Gasteiger partial charge < -0.3 is 20.7 Å². The highest BCUT2D eigenvalue weighted by atomic mass is 79.9. The molecule has 0 radical (unpaired) electrons. The Balaban J connectivity index is 2.13. The normalized spacial score (nSPS) is 12.1. The van der Waals surface area contributed by atoms with Gasteiger partial charge in [-0.05, 0) is 58.1 Å². The van der Waals surface area contributed by atoms with Gasteiger partial charge in [0.05, 0.1) is 0 Å². The van der Waals surface area contributed by atoms with Crippen LogP contribution in [0.4, 0.5) is 0 Å². The topological polar surface area (TPSA) is 75.7 Å². The van der Waals surface area contributed by atoms with Crippen molar-refractivity contribution in [3.8, 4) is 11.5 Å². The second-order valence-electron chi connectivity index (χ2n) is 4.67. The van der Waals surface area contributed by atoms with E-state index >= 15 is 0 Å². The second kappa shape index (κ2) is 7.45. The summed E-state index contributed by atoms with van der Waals surface area (Å²) >= 11 is 2.95. The molecule has 2 aromatic rings. The van der Waals surface area contributed by atoms with Gasteiger partial charge in [0.25, 0.3) is 5.20 Å². The number of rotatable bonds is 6. The van der Waals surface area contributed by atoms with Crippen LogP contribution in [0.5, 0.6) is 11.5 Å². The van der Waals surface area contributed by atoms with Gasteiger partial charge in [-0.25, -0.2) is 0 Å². The fourth-order valence-corrected chi connectivity index (χ4v) is 2.44. The smallest absolute Gasteiger partial charge is 0.255 e. The Labute approximate surface area is 132 Å². The number of hydrogen-bond donors (Lipinski definition) is 3. The first kappa shape index (κ1) is 15.8. The van der Waals surface area contributed by atoms with Gasteiger partial charge in [0, 0.05) is 12.1 Å². The number of halogens is 1. The third kappa shape index (κ3) is 4.46. The molecule has 21 heavy (non-hydrogen) atoms.